The molecule has 0 aliphatic carbocycles. The lowest BCUT2D eigenvalue weighted by atomic mass is 10.2. The summed E-state index contributed by atoms with van der Waals surface area (Å²) in [6.07, 6.45) is 7.17. The maximum atomic E-state index is 5.66. The van der Waals surface area contributed by atoms with Gasteiger partial charge in [0.1, 0.15) is 5.75 Å². The molecule has 0 N–H and O–H groups in total. The molecule has 0 saturated carbocycles. The van der Waals surface area contributed by atoms with Crippen LogP contribution in [0, 0.1) is 0 Å². The van der Waals surface area contributed by atoms with Crippen LogP contribution >= 0.6 is 0 Å². The Kier molecular flexibility index (Phi) is 2.18. The first-order valence-electron chi connectivity index (χ1n) is 5.14. The second kappa shape index (κ2) is 3.81. The van der Waals surface area contributed by atoms with Gasteiger partial charge in [-0.2, -0.15) is 0 Å². The minimum absolute atomic E-state index is 0.570. The van der Waals surface area contributed by atoms with Crippen molar-refractivity contribution in [2.24, 2.45) is 0 Å². The van der Waals surface area contributed by atoms with Crippen molar-refractivity contribution in [1.82, 2.24) is 9.97 Å². The average Bonchev–Trinajstić information content (AvgIpc) is 2.39. The summed E-state index contributed by atoms with van der Waals surface area (Å²) in [5.74, 6) is 0.931. The molecule has 80 valence electrons. The van der Waals surface area contributed by atoms with Gasteiger partial charge in [0.25, 0.3) is 0 Å². The Hall–Kier alpha value is -2.10. The van der Waals surface area contributed by atoms with E-state index < -0.39 is 0 Å². The van der Waals surface area contributed by atoms with Crippen molar-refractivity contribution >= 4 is 5.69 Å². The highest BCUT2D eigenvalue weighted by atomic mass is 16.5. The van der Waals surface area contributed by atoms with E-state index in [0.29, 0.717) is 6.73 Å². The molecule has 4 heteroatoms. The van der Waals surface area contributed by atoms with E-state index in [0.717, 1.165) is 23.5 Å². The van der Waals surface area contributed by atoms with E-state index in [2.05, 4.69) is 14.9 Å². The van der Waals surface area contributed by atoms with Crippen molar-refractivity contribution in [2.45, 2.75) is 6.54 Å². The zero-order valence-corrected chi connectivity index (χ0v) is 8.71. The molecule has 1 aliphatic rings. The Morgan fingerprint density at radius 1 is 1.06 bits per heavy atom. The van der Waals surface area contributed by atoms with Crippen LogP contribution in [-0.2, 0) is 6.54 Å². The van der Waals surface area contributed by atoms with Crippen LogP contribution in [0.15, 0.2) is 43.0 Å². The molecule has 0 amide bonds. The van der Waals surface area contributed by atoms with Crippen LogP contribution < -0.4 is 9.64 Å². The van der Waals surface area contributed by atoms with Crippen LogP contribution in [0.2, 0.25) is 0 Å². The monoisotopic (exact) mass is 213 g/mol. The highest BCUT2D eigenvalue weighted by molar-refractivity contribution is 5.48. The van der Waals surface area contributed by atoms with Gasteiger partial charge in [0.2, 0.25) is 0 Å². The first-order valence-corrected chi connectivity index (χ1v) is 5.14. The number of ether oxygens (including phenoxy) is 1. The van der Waals surface area contributed by atoms with Gasteiger partial charge in [-0.05, 0) is 18.2 Å². The van der Waals surface area contributed by atoms with Crippen LogP contribution in [-0.4, -0.2) is 16.7 Å². The Bertz CT molecular complexity index is 487. The summed E-state index contributed by atoms with van der Waals surface area (Å²) in [5, 5.41) is 0. The standard InChI is InChI=1S/C12H11N3O/c1-4-13-5-2-11(1)15-8-10-7-14-6-3-12(10)16-9-15/h1-7H,8-9H2. The fraction of sp³-hybridized carbons (Fsp3) is 0.167. The lowest BCUT2D eigenvalue weighted by Gasteiger charge is -2.30. The molecule has 3 heterocycles. The normalized spacial score (nSPS) is 14.1. The molecular formula is C12H11N3O. The second-order valence-electron chi connectivity index (χ2n) is 3.66. The number of anilines is 1. The van der Waals surface area contributed by atoms with Gasteiger partial charge in [-0.3, -0.25) is 9.97 Å². The van der Waals surface area contributed by atoms with E-state index in [1.54, 1.807) is 18.6 Å². The van der Waals surface area contributed by atoms with Crippen LogP contribution in [0.5, 0.6) is 5.75 Å². The molecule has 0 fully saturated rings. The Morgan fingerprint density at radius 3 is 2.75 bits per heavy atom. The second-order valence-corrected chi connectivity index (χ2v) is 3.66. The number of fused-ring (bicyclic) bond motifs is 1. The molecule has 16 heavy (non-hydrogen) atoms. The molecule has 0 unspecified atom stereocenters. The fourth-order valence-electron chi connectivity index (χ4n) is 1.79. The van der Waals surface area contributed by atoms with E-state index >= 15 is 0 Å². The zero-order valence-electron chi connectivity index (χ0n) is 8.71. The predicted octanol–water partition coefficient (Wildman–Crippen LogP) is 1.83. The van der Waals surface area contributed by atoms with Gasteiger partial charge in [-0.15, -0.1) is 0 Å². The summed E-state index contributed by atoms with van der Waals surface area (Å²) in [4.78, 5) is 10.3. The van der Waals surface area contributed by atoms with Crippen molar-refractivity contribution in [3.63, 3.8) is 0 Å². The molecule has 1 aliphatic heterocycles. The van der Waals surface area contributed by atoms with Crippen molar-refractivity contribution in [3.8, 4) is 5.75 Å². The van der Waals surface area contributed by atoms with Crippen molar-refractivity contribution in [3.05, 3.63) is 48.5 Å². The smallest absolute Gasteiger partial charge is 0.161 e. The molecule has 0 atom stereocenters. The zero-order chi connectivity index (χ0) is 10.8. The molecule has 2 aromatic heterocycles. The van der Waals surface area contributed by atoms with E-state index in [4.69, 9.17) is 4.74 Å². The number of aromatic nitrogens is 2. The van der Waals surface area contributed by atoms with Crippen molar-refractivity contribution in [2.75, 3.05) is 11.6 Å². The van der Waals surface area contributed by atoms with E-state index in [1.807, 2.05) is 24.4 Å². The summed E-state index contributed by atoms with van der Waals surface area (Å²) in [5.41, 5.74) is 2.23. The third kappa shape index (κ3) is 1.58. The summed E-state index contributed by atoms with van der Waals surface area (Å²) < 4.78 is 5.66. The van der Waals surface area contributed by atoms with E-state index in [1.165, 1.54) is 0 Å². The molecule has 0 bridgehead atoms. The molecule has 0 aromatic carbocycles. The average molecular weight is 213 g/mol. The van der Waals surface area contributed by atoms with Crippen LogP contribution in [0.4, 0.5) is 5.69 Å². The number of hydrogen-bond acceptors (Lipinski definition) is 4. The molecular weight excluding hydrogens is 202 g/mol. The molecule has 4 nitrogen and oxygen atoms in total. The van der Waals surface area contributed by atoms with Crippen LogP contribution in [0.25, 0.3) is 0 Å². The van der Waals surface area contributed by atoms with Gasteiger partial charge >= 0.3 is 0 Å². The molecule has 0 saturated heterocycles. The first-order chi connectivity index (χ1) is 7.93. The Balaban J connectivity index is 1.89. The van der Waals surface area contributed by atoms with E-state index in [-0.39, 0.29) is 0 Å². The lowest BCUT2D eigenvalue weighted by Crippen LogP contribution is -2.31. The topological polar surface area (TPSA) is 38.2 Å². The number of rotatable bonds is 1. The third-order valence-electron chi connectivity index (χ3n) is 2.62. The molecule has 3 rings (SSSR count). The highest BCUT2D eigenvalue weighted by Crippen LogP contribution is 2.26. The number of pyridine rings is 2. The maximum absolute atomic E-state index is 5.66. The lowest BCUT2D eigenvalue weighted by molar-refractivity contribution is 0.289. The summed E-state index contributed by atoms with van der Waals surface area (Å²) in [6, 6.07) is 5.86. The fourth-order valence-corrected chi connectivity index (χ4v) is 1.79. The minimum Gasteiger partial charge on any atom is -0.473 e. The van der Waals surface area contributed by atoms with Gasteiger partial charge in [-0.25, -0.2) is 0 Å². The summed E-state index contributed by atoms with van der Waals surface area (Å²) in [6.45, 7) is 1.40. The summed E-state index contributed by atoms with van der Waals surface area (Å²) in [7, 11) is 0. The number of nitrogens with zero attached hydrogens (tertiary/aromatic N) is 3. The highest BCUT2D eigenvalue weighted by Gasteiger charge is 2.16. The molecule has 2 aromatic rings. The maximum Gasteiger partial charge on any atom is 0.161 e. The molecule has 0 radical (unpaired) electrons. The van der Waals surface area contributed by atoms with Crippen LogP contribution in [0.1, 0.15) is 5.56 Å². The van der Waals surface area contributed by atoms with Gasteiger partial charge in [0, 0.05) is 36.0 Å². The van der Waals surface area contributed by atoms with Gasteiger partial charge < -0.3 is 9.64 Å². The van der Waals surface area contributed by atoms with Crippen molar-refractivity contribution < 1.29 is 4.74 Å². The number of hydrogen-bond donors (Lipinski definition) is 0. The van der Waals surface area contributed by atoms with Gasteiger partial charge in [0.05, 0.1) is 6.54 Å². The largest absolute Gasteiger partial charge is 0.473 e. The quantitative estimate of drug-likeness (QED) is 0.724. The van der Waals surface area contributed by atoms with Crippen molar-refractivity contribution in [1.29, 1.82) is 0 Å². The third-order valence-corrected chi connectivity index (χ3v) is 2.62. The first kappa shape index (κ1) is 9.15. The van der Waals surface area contributed by atoms with Gasteiger partial charge in [0.15, 0.2) is 6.73 Å². The Labute approximate surface area is 93.5 Å². The van der Waals surface area contributed by atoms with Crippen LogP contribution in [0.3, 0.4) is 0 Å². The minimum atomic E-state index is 0.570. The Morgan fingerprint density at radius 2 is 1.88 bits per heavy atom. The van der Waals surface area contributed by atoms with Gasteiger partial charge in [-0.1, -0.05) is 0 Å². The summed E-state index contributed by atoms with van der Waals surface area (Å²) >= 11 is 0. The SMILES string of the molecule is c1cc(N2COc3ccncc3C2)ccn1. The molecule has 0 spiro atoms. The van der Waals surface area contributed by atoms with E-state index in [9.17, 15) is 0 Å². The predicted molar refractivity (Wildman–Crippen MR) is 60.2 cm³/mol.